The topological polar surface area (TPSA) is 95.6 Å². The molecule has 8 nitrogen and oxygen atoms in total. The van der Waals surface area contributed by atoms with Gasteiger partial charge in [0.05, 0.1) is 24.1 Å². The summed E-state index contributed by atoms with van der Waals surface area (Å²) in [5.41, 5.74) is 1.95. The Labute approximate surface area is 149 Å². The summed E-state index contributed by atoms with van der Waals surface area (Å²) >= 11 is 0. The highest BCUT2D eigenvalue weighted by Crippen LogP contribution is 2.23. The molecule has 3 aromatic heterocycles. The Morgan fingerprint density at radius 2 is 2.19 bits per heavy atom. The number of esters is 1. The van der Waals surface area contributed by atoms with Gasteiger partial charge in [-0.3, -0.25) is 9.78 Å². The minimum absolute atomic E-state index is 0.282. The van der Waals surface area contributed by atoms with Gasteiger partial charge in [0.15, 0.2) is 5.58 Å². The monoisotopic (exact) mass is 357 g/mol. The summed E-state index contributed by atoms with van der Waals surface area (Å²) in [4.78, 5) is 29.3. The first-order valence-electron chi connectivity index (χ1n) is 8.03. The minimum atomic E-state index is -1.17. The number of hydrogen-bond donors (Lipinski definition) is 1. The van der Waals surface area contributed by atoms with E-state index < -0.39 is 18.0 Å². The SMILES string of the molecule is COCCNC(=O)[C@@H](OC(=O)c1cc2occc2n1C)c1ccccn1. The molecular formula is C18H19N3O5. The average Bonchev–Trinajstić information content (AvgIpc) is 3.23. The molecule has 0 bridgehead atoms. The van der Waals surface area contributed by atoms with Crippen molar-refractivity contribution in [3.63, 3.8) is 0 Å². The van der Waals surface area contributed by atoms with Crippen molar-refractivity contribution in [2.24, 2.45) is 7.05 Å². The molecule has 0 aromatic carbocycles. The van der Waals surface area contributed by atoms with Crippen LogP contribution in [0.15, 0.2) is 47.2 Å². The third kappa shape index (κ3) is 3.60. The predicted molar refractivity (Wildman–Crippen MR) is 92.5 cm³/mol. The van der Waals surface area contributed by atoms with Gasteiger partial charge in [0, 0.05) is 39.0 Å². The van der Waals surface area contributed by atoms with Gasteiger partial charge in [-0.2, -0.15) is 0 Å². The van der Waals surface area contributed by atoms with Gasteiger partial charge in [0.1, 0.15) is 5.69 Å². The lowest BCUT2D eigenvalue weighted by molar-refractivity contribution is -0.130. The third-order valence-corrected chi connectivity index (χ3v) is 3.90. The number of methoxy groups -OCH3 is 1. The third-order valence-electron chi connectivity index (χ3n) is 3.90. The maximum absolute atomic E-state index is 12.6. The zero-order valence-corrected chi connectivity index (χ0v) is 14.5. The van der Waals surface area contributed by atoms with Crippen molar-refractivity contribution in [3.05, 3.63) is 54.2 Å². The summed E-state index contributed by atoms with van der Waals surface area (Å²) in [6.45, 7) is 0.649. The lowest BCUT2D eigenvalue weighted by atomic mass is 10.2. The number of hydrogen-bond acceptors (Lipinski definition) is 6. The Hall–Kier alpha value is -3.13. The Morgan fingerprint density at radius 3 is 2.88 bits per heavy atom. The molecule has 0 saturated carbocycles. The summed E-state index contributed by atoms with van der Waals surface area (Å²) < 4.78 is 17.3. The van der Waals surface area contributed by atoms with Crippen LogP contribution in [0.4, 0.5) is 0 Å². The van der Waals surface area contributed by atoms with Crippen LogP contribution in [0.1, 0.15) is 22.3 Å². The number of carbonyl (C=O) groups is 2. The van der Waals surface area contributed by atoms with Crippen LogP contribution < -0.4 is 5.32 Å². The Balaban J connectivity index is 1.82. The molecule has 3 heterocycles. The molecule has 0 unspecified atom stereocenters. The van der Waals surface area contributed by atoms with Crippen LogP contribution in [0.5, 0.6) is 0 Å². The molecule has 0 saturated heterocycles. The fraction of sp³-hybridized carbons (Fsp3) is 0.278. The second kappa shape index (κ2) is 7.83. The second-order valence-electron chi connectivity index (χ2n) is 5.58. The van der Waals surface area contributed by atoms with Crippen molar-refractivity contribution in [2.75, 3.05) is 20.3 Å². The molecule has 1 atom stereocenters. The van der Waals surface area contributed by atoms with Gasteiger partial charge < -0.3 is 23.8 Å². The van der Waals surface area contributed by atoms with Crippen LogP contribution in [0.3, 0.4) is 0 Å². The number of amides is 1. The Kier molecular flexibility index (Phi) is 5.33. The van der Waals surface area contributed by atoms with Gasteiger partial charge in [0.25, 0.3) is 5.91 Å². The molecule has 1 N–H and O–H groups in total. The van der Waals surface area contributed by atoms with E-state index in [1.807, 2.05) is 0 Å². The molecule has 3 aromatic rings. The van der Waals surface area contributed by atoms with E-state index in [4.69, 9.17) is 13.9 Å². The van der Waals surface area contributed by atoms with E-state index in [1.54, 1.807) is 48.2 Å². The molecule has 0 fully saturated rings. The van der Waals surface area contributed by atoms with Gasteiger partial charge in [0.2, 0.25) is 6.10 Å². The van der Waals surface area contributed by atoms with E-state index in [2.05, 4.69) is 10.3 Å². The summed E-state index contributed by atoms with van der Waals surface area (Å²) in [7, 11) is 3.26. The molecule has 0 spiro atoms. The smallest absolute Gasteiger partial charge is 0.356 e. The van der Waals surface area contributed by atoms with Crippen LogP contribution in [0, 0.1) is 0 Å². The highest BCUT2D eigenvalue weighted by atomic mass is 16.5. The Morgan fingerprint density at radius 1 is 1.35 bits per heavy atom. The van der Waals surface area contributed by atoms with Gasteiger partial charge in [-0.25, -0.2) is 4.79 Å². The Bertz CT molecular complexity index is 900. The van der Waals surface area contributed by atoms with E-state index >= 15 is 0 Å². The fourth-order valence-corrected chi connectivity index (χ4v) is 2.56. The van der Waals surface area contributed by atoms with E-state index in [0.29, 0.717) is 24.4 Å². The molecule has 26 heavy (non-hydrogen) atoms. The summed E-state index contributed by atoms with van der Waals surface area (Å²) in [5.74, 6) is -1.11. The molecule has 0 aliphatic carbocycles. The van der Waals surface area contributed by atoms with Crippen LogP contribution in [-0.2, 0) is 21.3 Å². The van der Waals surface area contributed by atoms with Crippen molar-refractivity contribution in [1.82, 2.24) is 14.9 Å². The first kappa shape index (κ1) is 17.7. The summed E-state index contributed by atoms with van der Waals surface area (Å²) in [5, 5.41) is 2.67. The molecule has 8 heteroatoms. The average molecular weight is 357 g/mol. The number of nitrogens with zero attached hydrogens (tertiary/aromatic N) is 2. The number of ether oxygens (including phenoxy) is 2. The van der Waals surface area contributed by atoms with Gasteiger partial charge in [-0.15, -0.1) is 0 Å². The lowest BCUT2D eigenvalue weighted by Crippen LogP contribution is -2.34. The fourth-order valence-electron chi connectivity index (χ4n) is 2.56. The number of aryl methyl sites for hydroxylation is 1. The van der Waals surface area contributed by atoms with Crippen LogP contribution >= 0.6 is 0 Å². The maximum atomic E-state index is 12.6. The molecular weight excluding hydrogens is 338 g/mol. The van der Waals surface area contributed by atoms with Crippen molar-refractivity contribution in [2.45, 2.75) is 6.10 Å². The number of furan rings is 1. The quantitative estimate of drug-likeness (QED) is 0.512. The van der Waals surface area contributed by atoms with Gasteiger partial charge in [-0.05, 0) is 12.1 Å². The zero-order chi connectivity index (χ0) is 18.5. The number of aromatic nitrogens is 2. The summed E-state index contributed by atoms with van der Waals surface area (Å²) in [6.07, 6.45) is 1.91. The molecule has 0 aliphatic rings. The van der Waals surface area contributed by atoms with E-state index in [-0.39, 0.29) is 5.69 Å². The normalized spacial score (nSPS) is 12.1. The molecule has 1 amide bonds. The van der Waals surface area contributed by atoms with Gasteiger partial charge in [-0.1, -0.05) is 6.07 Å². The van der Waals surface area contributed by atoms with Crippen LogP contribution in [0.2, 0.25) is 0 Å². The van der Waals surface area contributed by atoms with E-state index in [0.717, 1.165) is 5.52 Å². The van der Waals surface area contributed by atoms with Crippen LogP contribution in [0.25, 0.3) is 11.1 Å². The first-order chi connectivity index (χ1) is 12.6. The number of pyridine rings is 1. The maximum Gasteiger partial charge on any atom is 0.356 e. The standard InChI is InChI=1S/C18H19N3O5/c1-21-13-6-9-25-15(13)11-14(21)18(23)26-16(12-5-3-4-7-19-12)17(22)20-8-10-24-2/h3-7,9,11,16H,8,10H2,1-2H3,(H,20,22)/t16-/m0/s1. The first-order valence-corrected chi connectivity index (χ1v) is 8.03. The van der Waals surface area contributed by atoms with Crippen molar-refractivity contribution in [1.29, 1.82) is 0 Å². The van der Waals surface area contributed by atoms with Crippen LogP contribution in [-0.4, -0.2) is 41.7 Å². The number of rotatable bonds is 7. The summed E-state index contributed by atoms with van der Waals surface area (Å²) in [6, 6.07) is 8.40. The lowest BCUT2D eigenvalue weighted by Gasteiger charge is -2.17. The second-order valence-corrected chi connectivity index (χ2v) is 5.58. The zero-order valence-electron chi connectivity index (χ0n) is 14.5. The molecule has 136 valence electrons. The van der Waals surface area contributed by atoms with E-state index in [9.17, 15) is 9.59 Å². The predicted octanol–water partition coefficient (Wildman–Crippen LogP) is 1.83. The number of fused-ring (bicyclic) bond motifs is 1. The van der Waals surface area contributed by atoms with Crippen molar-refractivity contribution in [3.8, 4) is 0 Å². The number of nitrogens with one attached hydrogen (secondary N) is 1. The van der Waals surface area contributed by atoms with Crippen molar-refractivity contribution < 1.29 is 23.5 Å². The van der Waals surface area contributed by atoms with Crippen molar-refractivity contribution >= 4 is 23.0 Å². The highest BCUT2D eigenvalue weighted by Gasteiger charge is 2.28. The van der Waals surface area contributed by atoms with E-state index in [1.165, 1.54) is 13.3 Å². The van der Waals surface area contributed by atoms with Gasteiger partial charge >= 0.3 is 5.97 Å². The molecule has 3 rings (SSSR count). The molecule has 0 radical (unpaired) electrons. The molecule has 0 aliphatic heterocycles. The number of carbonyl (C=O) groups excluding carboxylic acids is 2. The largest absolute Gasteiger partial charge is 0.463 e. The highest BCUT2D eigenvalue weighted by molar-refractivity contribution is 5.95. The minimum Gasteiger partial charge on any atom is -0.463 e.